The molecular formula is C22H19ClN6O. The first-order valence-electron chi connectivity index (χ1n) is 9.36. The van der Waals surface area contributed by atoms with Crippen molar-refractivity contribution in [3.63, 3.8) is 0 Å². The van der Waals surface area contributed by atoms with Crippen molar-refractivity contribution in [3.05, 3.63) is 101 Å². The van der Waals surface area contributed by atoms with E-state index >= 15 is 0 Å². The smallest absolute Gasteiger partial charge is 0.249 e. The van der Waals surface area contributed by atoms with Gasteiger partial charge < -0.3 is 5.32 Å². The number of nitrogens with zero attached hydrogens (tertiary/aromatic N) is 5. The van der Waals surface area contributed by atoms with E-state index in [0.717, 1.165) is 11.1 Å². The largest absolute Gasteiger partial charge is 0.307 e. The summed E-state index contributed by atoms with van der Waals surface area (Å²) in [5.74, 6) is 0.297. The van der Waals surface area contributed by atoms with Gasteiger partial charge >= 0.3 is 0 Å². The Balaban J connectivity index is 1.37. The first kappa shape index (κ1) is 19.6. The van der Waals surface area contributed by atoms with Gasteiger partial charge in [0.15, 0.2) is 0 Å². The van der Waals surface area contributed by atoms with Crippen LogP contribution in [0.4, 0.5) is 5.82 Å². The third-order valence-electron chi connectivity index (χ3n) is 4.39. The van der Waals surface area contributed by atoms with Crippen molar-refractivity contribution in [2.75, 3.05) is 5.32 Å². The SMILES string of the molecule is O=C(/C=C/c1cn(Cc2ccccc2)nn1)Nc1ccnn1Cc1ccccc1Cl. The number of rotatable bonds is 7. The van der Waals surface area contributed by atoms with Crippen molar-refractivity contribution in [1.82, 2.24) is 24.8 Å². The Morgan fingerprint density at radius 2 is 1.83 bits per heavy atom. The quantitative estimate of drug-likeness (QED) is 0.462. The number of aromatic nitrogens is 5. The van der Waals surface area contributed by atoms with Gasteiger partial charge in [0.05, 0.1) is 25.5 Å². The summed E-state index contributed by atoms with van der Waals surface area (Å²) in [7, 11) is 0. The van der Waals surface area contributed by atoms with Gasteiger partial charge in [0, 0.05) is 17.2 Å². The molecule has 0 bridgehead atoms. The van der Waals surface area contributed by atoms with E-state index in [4.69, 9.17) is 11.6 Å². The lowest BCUT2D eigenvalue weighted by Crippen LogP contribution is -2.14. The second-order valence-electron chi connectivity index (χ2n) is 6.61. The van der Waals surface area contributed by atoms with Gasteiger partial charge in [0.2, 0.25) is 5.91 Å². The van der Waals surface area contributed by atoms with Crippen LogP contribution in [0.3, 0.4) is 0 Å². The van der Waals surface area contributed by atoms with E-state index in [0.29, 0.717) is 29.6 Å². The minimum absolute atomic E-state index is 0.284. The van der Waals surface area contributed by atoms with Crippen molar-refractivity contribution in [3.8, 4) is 0 Å². The van der Waals surface area contributed by atoms with E-state index in [2.05, 4.69) is 20.7 Å². The molecule has 0 radical (unpaired) electrons. The fourth-order valence-electron chi connectivity index (χ4n) is 2.92. The molecule has 150 valence electrons. The fraction of sp³-hybridized carbons (Fsp3) is 0.0909. The van der Waals surface area contributed by atoms with E-state index in [1.165, 1.54) is 6.08 Å². The van der Waals surface area contributed by atoms with E-state index < -0.39 is 0 Å². The molecule has 8 heteroatoms. The lowest BCUT2D eigenvalue weighted by molar-refractivity contribution is -0.111. The number of carbonyl (C=O) groups is 1. The predicted octanol–water partition coefficient (Wildman–Crippen LogP) is 3.88. The molecule has 30 heavy (non-hydrogen) atoms. The van der Waals surface area contributed by atoms with Gasteiger partial charge in [-0.3, -0.25) is 4.79 Å². The number of anilines is 1. The zero-order valence-corrected chi connectivity index (χ0v) is 16.8. The Labute approximate surface area is 178 Å². The summed E-state index contributed by atoms with van der Waals surface area (Å²) in [6.45, 7) is 1.08. The lowest BCUT2D eigenvalue weighted by Gasteiger charge is -2.09. The average Bonchev–Trinajstić information content (AvgIpc) is 3.38. The maximum Gasteiger partial charge on any atom is 0.249 e. The van der Waals surface area contributed by atoms with Crippen LogP contribution in [0, 0.1) is 0 Å². The van der Waals surface area contributed by atoms with Crippen LogP contribution in [0.1, 0.15) is 16.8 Å². The molecule has 4 rings (SSSR count). The average molecular weight is 419 g/mol. The van der Waals surface area contributed by atoms with Crippen molar-refractivity contribution in [2.24, 2.45) is 0 Å². The van der Waals surface area contributed by atoms with Crippen LogP contribution in [0.5, 0.6) is 0 Å². The third kappa shape index (κ3) is 5.01. The molecule has 0 aliphatic heterocycles. The third-order valence-corrected chi connectivity index (χ3v) is 4.76. The molecule has 0 fully saturated rings. The first-order chi connectivity index (χ1) is 14.7. The van der Waals surface area contributed by atoms with Crippen molar-refractivity contribution < 1.29 is 4.79 Å². The number of hydrogen-bond donors (Lipinski definition) is 1. The molecule has 2 aromatic carbocycles. The van der Waals surface area contributed by atoms with Gasteiger partial charge in [-0.1, -0.05) is 65.3 Å². The van der Waals surface area contributed by atoms with Gasteiger partial charge in [0.25, 0.3) is 0 Å². The molecule has 7 nitrogen and oxygen atoms in total. The molecule has 0 atom stereocenters. The molecule has 0 saturated heterocycles. The maximum absolute atomic E-state index is 12.3. The Morgan fingerprint density at radius 1 is 1.03 bits per heavy atom. The van der Waals surface area contributed by atoms with E-state index in [1.54, 1.807) is 33.9 Å². The second-order valence-corrected chi connectivity index (χ2v) is 7.02. The maximum atomic E-state index is 12.3. The molecule has 1 amide bonds. The summed E-state index contributed by atoms with van der Waals surface area (Å²) in [6.07, 6.45) is 6.46. The van der Waals surface area contributed by atoms with Crippen molar-refractivity contribution in [1.29, 1.82) is 0 Å². The van der Waals surface area contributed by atoms with Crippen molar-refractivity contribution in [2.45, 2.75) is 13.1 Å². The minimum Gasteiger partial charge on any atom is -0.307 e. The zero-order valence-electron chi connectivity index (χ0n) is 16.0. The first-order valence-corrected chi connectivity index (χ1v) is 9.73. The van der Waals surface area contributed by atoms with Crippen molar-refractivity contribution >= 4 is 29.4 Å². The Bertz CT molecular complexity index is 1170. The number of halogens is 1. The van der Waals surface area contributed by atoms with E-state index in [1.807, 2.05) is 54.6 Å². The molecular weight excluding hydrogens is 400 g/mol. The Morgan fingerprint density at radius 3 is 2.67 bits per heavy atom. The van der Waals surface area contributed by atoms with Gasteiger partial charge in [-0.25, -0.2) is 9.36 Å². The number of nitrogens with one attached hydrogen (secondary N) is 1. The number of carbonyl (C=O) groups excluding carboxylic acids is 1. The van der Waals surface area contributed by atoms with E-state index in [-0.39, 0.29) is 5.91 Å². The number of amides is 1. The number of benzene rings is 2. The summed E-state index contributed by atoms with van der Waals surface area (Å²) >= 11 is 6.22. The monoisotopic (exact) mass is 418 g/mol. The Hall–Kier alpha value is -3.71. The summed E-state index contributed by atoms with van der Waals surface area (Å²) < 4.78 is 3.41. The van der Waals surface area contributed by atoms with Gasteiger partial charge in [-0.05, 0) is 23.3 Å². The van der Waals surface area contributed by atoms with Crippen LogP contribution in [0.15, 0.2) is 79.1 Å². The molecule has 4 aromatic rings. The van der Waals surface area contributed by atoms with Crippen LogP contribution in [0.25, 0.3) is 6.08 Å². The molecule has 2 aromatic heterocycles. The topological polar surface area (TPSA) is 77.6 Å². The fourth-order valence-corrected chi connectivity index (χ4v) is 3.11. The van der Waals surface area contributed by atoms with Crippen LogP contribution in [-0.2, 0) is 17.9 Å². The van der Waals surface area contributed by atoms with Gasteiger partial charge in [0.1, 0.15) is 11.5 Å². The molecule has 0 saturated carbocycles. The predicted molar refractivity (Wildman–Crippen MR) is 116 cm³/mol. The highest BCUT2D eigenvalue weighted by atomic mass is 35.5. The molecule has 0 unspecified atom stereocenters. The minimum atomic E-state index is -0.284. The zero-order chi connectivity index (χ0) is 20.8. The van der Waals surface area contributed by atoms with Crippen LogP contribution in [-0.4, -0.2) is 30.7 Å². The highest BCUT2D eigenvalue weighted by Gasteiger charge is 2.08. The second kappa shape index (κ2) is 9.19. The van der Waals surface area contributed by atoms with Crippen LogP contribution in [0.2, 0.25) is 5.02 Å². The highest BCUT2D eigenvalue weighted by Crippen LogP contribution is 2.18. The summed E-state index contributed by atoms with van der Waals surface area (Å²) in [5, 5.41) is 15.9. The molecule has 0 aliphatic rings. The summed E-state index contributed by atoms with van der Waals surface area (Å²) in [6, 6.07) is 19.3. The molecule has 2 heterocycles. The van der Waals surface area contributed by atoms with E-state index in [9.17, 15) is 4.79 Å². The normalized spacial score (nSPS) is 11.1. The standard InChI is InChI=1S/C22H19ClN6O/c23-20-9-5-4-8-18(20)15-29-21(12-13-24-29)25-22(30)11-10-19-16-28(27-26-19)14-17-6-2-1-3-7-17/h1-13,16H,14-15H2,(H,25,30)/b11-10+. The summed E-state index contributed by atoms with van der Waals surface area (Å²) in [5.41, 5.74) is 2.65. The van der Waals surface area contributed by atoms with Crippen LogP contribution >= 0.6 is 11.6 Å². The van der Waals surface area contributed by atoms with Gasteiger partial charge in [-0.15, -0.1) is 5.10 Å². The number of hydrogen-bond acceptors (Lipinski definition) is 4. The highest BCUT2D eigenvalue weighted by molar-refractivity contribution is 6.31. The molecule has 0 aliphatic carbocycles. The molecule has 0 spiro atoms. The molecule has 1 N–H and O–H groups in total. The van der Waals surface area contributed by atoms with Gasteiger partial charge in [-0.2, -0.15) is 5.10 Å². The lowest BCUT2D eigenvalue weighted by atomic mass is 10.2. The summed E-state index contributed by atoms with van der Waals surface area (Å²) in [4.78, 5) is 12.3. The Kier molecular flexibility index (Phi) is 6.01. The van der Waals surface area contributed by atoms with Crippen LogP contribution < -0.4 is 5.32 Å².